The molecule has 9 heavy (non-hydrogen) atoms. The summed E-state index contributed by atoms with van der Waals surface area (Å²) < 4.78 is 0. The summed E-state index contributed by atoms with van der Waals surface area (Å²) in [5, 5.41) is 0. The third-order valence-electron chi connectivity index (χ3n) is 2.27. The Bertz CT molecular complexity index is 94.2. The van der Waals surface area contributed by atoms with E-state index in [0.29, 0.717) is 0 Å². The van der Waals surface area contributed by atoms with Crippen LogP contribution in [0.15, 0.2) is 6.08 Å². The molecule has 0 aliphatic heterocycles. The first-order valence-corrected chi connectivity index (χ1v) is 3.86. The van der Waals surface area contributed by atoms with Crippen LogP contribution in [0.1, 0.15) is 32.6 Å². The van der Waals surface area contributed by atoms with Crippen LogP contribution in [0, 0.1) is 18.4 Å². The SMILES string of the molecule is [CH]=CCC1CCC(C)C1. The molecule has 2 atom stereocenters. The zero-order valence-corrected chi connectivity index (χ0v) is 6.14. The molecule has 0 aromatic heterocycles. The molecule has 0 heteroatoms. The molecule has 0 amide bonds. The smallest absolute Gasteiger partial charge is 0.0319 e. The summed E-state index contributed by atoms with van der Waals surface area (Å²) in [7, 11) is 0. The zero-order chi connectivity index (χ0) is 6.69. The van der Waals surface area contributed by atoms with Crippen molar-refractivity contribution in [3.8, 4) is 0 Å². The third-order valence-corrected chi connectivity index (χ3v) is 2.27. The predicted octanol–water partition coefficient (Wildman–Crippen LogP) is 2.80. The van der Waals surface area contributed by atoms with E-state index < -0.39 is 0 Å². The van der Waals surface area contributed by atoms with Crippen molar-refractivity contribution >= 4 is 0 Å². The highest BCUT2D eigenvalue weighted by atomic mass is 14.2. The van der Waals surface area contributed by atoms with E-state index in [1.165, 1.54) is 19.3 Å². The van der Waals surface area contributed by atoms with Gasteiger partial charge in [-0.1, -0.05) is 26.0 Å². The molecule has 1 aliphatic carbocycles. The molecule has 0 heterocycles. The summed E-state index contributed by atoms with van der Waals surface area (Å²) in [6.45, 7) is 7.66. The molecule has 1 saturated carbocycles. The lowest BCUT2D eigenvalue weighted by molar-refractivity contribution is 0.521. The van der Waals surface area contributed by atoms with E-state index in [-0.39, 0.29) is 0 Å². The van der Waals surface area contributed by atoms with E-state index >= 15 is 0 Å². The summed E-state index contributed by atoms with van der Waals surface area (Å²) in [6, 6.07) is 0. The van der Waals surface area contributed by atoms with Crippen molar-refractivity contribution in [3.05, 3.63) is 12.7 Å². The Kier molecular flexibility index (Phi) is 2.32. The fourth-order valence-corrected chi connectivity index (χ4v) is 1.73. The minimum Gasteiger partial charge on any atom is -0.0843 e. The van der Waals surface area contributed by atoms with Crippen LogP contribution < -0.4 is 0 Å². The van der Waals surface area contributed by atoms with Gasteiger partial charge in [-0.05, 0) is 31.1 Å². The van der Waals surface area contributed by atoms with E-state index in [1.807, 2.05) is 6.08 Å². The van der Waals surface area contributed by atoms with Crippen LogP contribution in [0.2, 0.25) is 0 Å². The molecule has 2 unspecified atom stereocenters. The number of hydrogen-bond donors (Lipinski definition) is 0. The van der Waals surface area contributed by atoms with E-state index in [1.54, 1.807) is 0 Å². The maximum Gasteiger partial charge on any atom is -0.0319 e. The molecule has 0 aromatic rings. The van der Waals surface area contributed by atoms with Crippen molar-refractivity contribution in [1.82, 2.24) is 0 Å². The molecule has 1 aliphatic rings. The lowest BCUT2D eigenvalue weighted by Crippen LogP contribution is -1.90. The molecule has 1 radical (unpaired) electrons. The number of hydrogen-bond acceptors (Lipinski definition) is 0. The van der Waals surface area contributed by atoms with Crippen LogP contribution >= 0.6 is 0 Å². The van der Waals surface area contributed by atoms with Crippen LogP contribution in [0.3, 0.4) is 0 Å². The van der Waals surface area contributed by atoms with Crippen LogP contribution in [0.4, 0.5) is 0 Å². The minimum absolute atomic E-state index is 0.907. The standard InChI is InChI=1S/C9H15/c1-3-4-9-6-5-8(2)7-9/h1,3,8-9H,4-7H2,2H3. The molecule has 0 N–H and O–H groups in total. The van der Waals surface area contributed by atoms with Crippen LogP contribution in [0.25, 0.3) is 0 Å². The first-order valence-electron chi connectivity index (χ1n) is 3.86. The summed E-state index contributed by atoms with van der Waals surface area (Å²) in [5.74, 6) is 1.86. The number of rotatable bonds is 2. The van der Waals surface area contributed by atoms with Gasteiger partial charge in [-0.25, -0.2) is 0 Å². The average molecular weight is 123 g/mol. The molecule has 0 bridgehead atoms. The third kappa shape index (κ3) is 1.85. The van der Waals surface area contributed by atoms with Crippen molar-refractivity contribution in [2.24, 2.45) is 11.8 Å². The summed E-state index contributed by atoms with van der Waals surface area (Å²) >= 11 is 0. The van der Waals surface area contributed by atoms with Gasteiger partial charge in [0.05, 0.1) is 0 Å². The molecule has 0 saturated heterocycles. The summed E-state index contributed by atoms with van der Waals surface area (Å²) in [6.07, 6.45) is 7.15. The second-order valence-electron chi connectivity index (χ2n) is 3.26. The lowest BCUT2D eigenvalue weighted by atomic mass is 10.0. The van der Waals surface area contributed by atoms with Gasteiger partial charge in [-0.15, -0.1) is 0 Å². The van der Waals surface area contributed by atoms with E-state index in [4.69, 9.17) is 6.58 Å². The highest BCUT2D eigenvalue weighted by Crippen LogP contribution is 2.32. The number of allylic oxidation sites excluding steroid dienone is 1. The largest absolute Gasteiger partial charge is 0.0843 e. The van der Waals surface area contributed by atoms with Crippen LogP contribution in [0.5, 0.6) is 0 Å². The average Bonchev–Trinajstić information content (AvgIpc) is 2.17. The van der Waals surface area contributed by atoms with Gasteiger partial charge in [0, 0.05) is 0 Å². The Hall–Kier alpha value is -0.260. The van der Waals surface area contributed by atoms with Gasteiger partial charge in [0.15, 0.2) is 0 Å². The zero-order valence-electron chi connectivity index (χ0n) is 6.14. The maximum atomic E-state index is 5.33. The normalized spacial score (nSPS) is 34.8. The summed E-state index contributed by atoms with van der Waals surface area (Å²) in [4.78, 5) is 0. The molecular formula is C9H15. The Balaban J connectivity index is 2.21. The van der Waals surface area contributed by atoms with Crippen molar-refractivity contribution in [2.75, 3.05) is 0 Å². The second-order valence-corrected chi connectivity index (χ2v) is 3.26. The monoisotopic (exact) mass is 123 g/mol. The molecular weight excluding hydrogens is 108 g/mol. The predicted molar refractivity (Wildman–Crippen MR) is 40.0 cm³/mol. The van der Waals surface area contributed by atoms with Gasteiger partial charge >= 0.3 is 0 Å². The Labute approximate surface area is 58.0 Å². The fourth-order valence-electron chi connectivity index (χ4n) is 1.73. The van der Waals surface area contributed by atoms with E-state index in [2.05, 4.69) is 6.92 Å². The van der Waals surface area contributed by atoms with Gasteiger partial charge in [0.1, 0.15) is 0 Å². The first kappa shape index (κ1) is 6.85. The molecule has 1 fully saturated rings. The quantitative estimate of drug-likeness (QED) is 0.529. The van der Waals surface area contributed by atoms with Crippen molar-refractivity contribution < 1.29 is 0 Å². The molecule has 0 nitrogen and oxygen atoms in total. The first-order chi connectivity index (χ1) is 4.33. The van der Waals surface area contributed by atoms with Crippen LogP contribution in [-0.4, -0.2) is 0 Å². The van der Waals surface area contributed by atoms with Gasteiger partial charge in [0.2, 0.25) is 0 Å². The Morgan fingerprint density at radius 1 is 1.56 bits per heavy atom. The molecule has 1 rings (SSSR count). The minimum atomic E-state index is 0.907. The molecule has 51 valence electrons. The van der Waals surface area contributed by atoms with Crippen molar-refractivity contribution in [1.29, 1.82) is 0 Å². The highest BCUT2D eigenvalue weighted by Gasteiger charge is 2.19. The summed E-state index contributed by atoms with van der Waals surface area (Å²) in [5.41, 5.74) is 0. The van der Waals surface area contributed by atoms with Crippen molar-refractivity contribution in [3.63, 3.8) is 0 Å². The van der Waals surface area contributed by atoms with Gasteiger partial charge in [-0.2, -0.15) is 0 Å². The van der Waals surface area contributed by atoms with Crippen molar-refractivity contribution in [2.45, 2.75) is 32.6 Å². The van der Waals surface area contributed by atoms with Gasteiger partial charge < -0.3 is 0 Å². The van der Waals surface area contributed by atoms with E-state index in [0.717, 1.165) is 18.3 Å². The fraction of sp³-hybridized carbons (Fsp3) is 0.778. The topological polar surface area (TPSA) is 0 Å². The van der Waals surface area contributed by atoms with Gasteiger partial charge in [-0.3, -0.25) is 0 Å². The van der Waals surface area contributed by atoms with Crippen LogP contribution in [-0.2, 0) is 0 Å². The lowest BCUT2D eigenvalue weighted by Gasteiger charge is -2.03. The molecule has 0 spiro atoms. The Morgan fingerprint density at radius 2 is 2.33 bits per heavy atom. The second kappa shape index (κ2) is 3.05. The highest BCUT2D eigenvalue weighted by molar-refractivity contribution is 4.78. The van der Waals surface area contributed by atoms with Gasteiger partial charge in [0.25, 0.3) is 0 Å². The maximum absolute atomic E-state index is 5.33. The van der Waals surface area contributed by atoms with E-state index in [9.17, 15) is 0 Å². The Morgan fingerprint density at radius 3 is 2.78 bits per heavy atom. The molecule has 0 aromatic carbocycles.